The monoisotopic (exact) mass is 336 g/mol. The first-order valence-corrected chi connectivity index (χ1v) is 6.20. The summed E-state index contributed by atoms with van der Waals surface area (Å²) in [5.74, 6) is 0. The lowest BCUT2D eigenvalue weighted by molar-refractivity contribution is 0.425. The number of halogens is 1. The molecule has 1 aromatic carbocycles. The van der Waals surface area contributed by atoms with E-state index < -0.39 is 7.12 Å². The molecule has 0 atom stereocenters. The Hall–Kier alpha value is 0.245. The van der Waals surface area contributed by atoms with E-state index in [0.29, 0.717) is 10.4 Å². The van der Waals surface area contributed by atoms with Crippen LogP contribution in [-0.2, 0) is 0 Å². The number of fused-ring (bicyclic) bond motifs is 1. The van der Waals surface area contributed by atoms with E-state index in [9.17, 15) is 0 Å². The van der Waals surface area contributed by atoms with Crippen LogP contribution in [0.3, 0.4) is 0 Å². The molecule has 0 saturated carbocycles. The van der Waals surface area contributed by atoms with Crippen molar-refractivity contribution in [2.75, 3.05) is 0 Å². The van der Waals surface area contributed by atoms with Crippen molar-refractivity contribution in [3.63, 3.8) is 0 Å². The smallest absolute Gasteiger partial charge is 0.423 e. The van der Waals surface area contributed by atoms with E-state index in [1.807, 2.05) is 12.1 Å². The maximum absolute atomic E-state index is 9.08. The fourth-order valence-corrected chi connectivity index (χ4v) is 3.52. The third-order valence-electron chi connectivity index (χ3n) is 1.91. The van der Waals surface area contributed by atoms with Crippen LogP contribution in [0, 0.1) is 2.88 Å². The lowest BCUT2D eigenvalue weighted by Crippen LogP contribution is -2.30. The minimum absolute atomic E-state index is 0.454. The zero-order valence-corrected chi connectivity index (χ0v) is 10.8. The van der Waals surface area contributed by atoms with Gasteiger partial charge in [0.15, 0.2) is 0 Å². The lowest BCUT2D eigenvalue weighted by atomic mass is 9.80. The lowest BCUT2D eigenvalue weighted by Gasteiger charge is -2.03. The first-order valence-electron chi connectivity index (χ1n) is 3.86. The second-order valence-electron chi connectivity index (χ2n) is 2.87. The molecule has 0 saturated heterocycles. The summed E-state index contributed by atoms with van der Waals surface area (Å²) < 4.78 is 2.29. The second-order valence-corrected chi connectivity index (χ2v) is 6.33. The van der Waals surface area contributed by atoms with E-state index in [0.717, 1.165) is 10.1 Å². The van der Waals surface area contributed by atoms with Crippen LogP contribution in [0.5, 0.6) is 0 Å². The molecule has 1 aromatic heterocycles. The Labute approximate surface area is 105 Å². The maximum Gasteiger partial charge on any atom is 0.489 e. The summed E-state index contributed by atoms with van der Waals surface area (Å²) >= 11 is 8.11. The van der Waals surface area contributed by atoms with Gasteiger partial charge >= 0.3 is 7.12 Å². The van der Waals surface area contributed by atoms with Gasteiger partial charge in [-0.3, -0.25) is 0 Å². The van der Waals surface area contributed by atoms with Crippen molar-refractivity contribution in [3.05, 3.63) is 21.1 Å². The molecule has 0 amide bonds. The fraction of sp³-hybridized carbons (Fsp3) is 0. The molecule has 0 bridgehead atoms. The Kier molecular flexibility index (Phi) is 3.08. The standard InChI is InChI=1S/C8H6BIO2S2/c10-8-2-4-1-5(9(11)12)6(13)3-7(4)14-8/h1-3,11-13H. The molecule has 6 heteroatoms. The molecule has 0 fully saturated rings. The molecule has 2 aromatic rings. The van der Waals surface area contributed by atoms with Crippen LogP contribution >= 0.6 is 46.6 Å². The summed E-state index contributed by atoms with van der Waals surface area (Å²) in [4.78, 5) is 0.616. The summed E-state index contributed by atoms with van der Waals surface area (Å²) in [5.41, 5.74) is 0.454. The topological polar surface area (TPSA) is 40.5 Å². The van der Waals surface area contributed by atoms with E-state index in [1.165, 1.54) is 2.88 Å². The Morgan fingerprint density at radius 2 is 2.00 bits per heavy atom. The van der Waals surface area contributed by atoms with E-state index in [4.69, 9.17) is 10.0 Å². The van der Waals surface area contributed by atoms with Crippen molar-refractivity contribution >= 4 is 69.2 Å². The average Bonchev–Trinajstić information content (AvgIpc) is 2.42. The highest BCUT2D eigenvalue weighted by molar-refractivity contribution is 14.1. The molecule has 0 aliphatic rings. The van der Waals surface area contributed by atoms with Crippen LogP contribution in [0.25, 0.3) is 10.1 Å². The normalized spacial score (nSPS) is 10.9. The number of hydrogen-bond donors (Lipinski definition) is 3. The number of rotatable bonds is 1. The molecule has 0 radical (unpaired) electrons. The molecule has 2 N–H and O–H groups in total. The van der Waals surface area contributed by atoms with E-state index in [2.05, 4.69) is 35.2 Å². The minimum atomic E-state index is -1.45. The van der Waals surface area contributed by atoms with Gasteiger partial charge in [0.1, 0.15) is 0 Å². The molecule has 0 aliphatic heterocycles. The summed E-state index contributed by atoms with van der Waals surface area (Å²) in [6.45, 7) is 0. The van der Waals surface area contributed by atoms with Crippen molar-refractivity contribution < 1.29 is 10.0 Å². The highest BCUT2D eigenvalue weighted by atomic mass is 127. The fourth-order valence-electron chi connectivity index (χ4n) is 1.27. The molecule has 14 heavy (non-hydrogen) atoms. The van der Waals surface area contributed by atoms with Crippen molar-refractivity contribution in [2.45, 2.75) is 4.90 Å². The minimum Gasteiger partial charge on any atom is -0.423 e. The van der Waals surface area contributed by atoms with Gasteiger partial charge in [-0.1, -0.05) is 6.07 Å². The number of hydrogen-bond acceptors (Lipinski definition) is 4. The van der Waals surface area contributed by atoms with Gasteiger partial charge in [-0.15, -0.1) is 24.0 Å². The largest absolute Gasteiger partial charge is 0.489 e. The molecule has 1 heterocycles. The Balaban J connectivity index is 2.70. The van der Waals surface area contributed by atoms with Gasteiger partial charge in [0, 0.05) is 9.60 Å². The Bertz CT molecular complexity index is 483. The van der Waals surface area contributed by atoms with Crippen molar-refractivity contribution in [1.29, 1.82) is 0 Å². The van der Waals surface area contributed by atoms with Gasteiger partial charge in [-0.05, 0) is 45.6 Å². The zero-order chi connectivity index (χ0) is 10.3. The molecule has 2 rings (SSSR count). The SMILES string of the molecule is OB(O)c1cc2cc(I)sc2cc1S. The van der Waals surface area contributed by atoms with Crippen LogP contribution in [0.15, 0.2) is 23.1 Å². The van der Waals surface area contributed by atoms with Crippen molar-refractivity contribution in [1.82, 2.24) is 0 Å². The first-order chi connectivity index (χ1) is 6.58. The van der Waals surface area contributed by atoms with Gasteiger partial charge in [0.05, 0.1) is 2.88 Å². The molecular formula is C8H6BIO2S2. The highest BCUT2D eigenvalue weighted by Crippen LogP contribution is 2.27. The zero-order valence-electron chi connectivity index (χ0n) is 6.94. The maximum atomic E-state index is 9.08. The van der Waals surface area contributed by atoms with E-state index in [1.54, 1.807) is 17.4 Å². The summed E-state index contributed by atoms with van der Waals surface area (Å²) in [7, 11) is -1.45. The highest BCUT2D eigenvalue weighted by Gasteiger charge is 2.15. The second kappa shape index (κ2) is 4.01. The van der Waals surface area contributed by atoms with Crippen LogP contribution in [0.1, 0.15) is 0 Å². The Morgan fingerprint density at radius 1 is 1.29 bits per heavy atom. The molecular weight excluding hydrogens is 330 g/mol. The first kappa shape index (κ1) is 10.8. The van der Waals surface area contributed by atoms with Gasteiger partial charge < -0.3 is 10.0 Å². The third-order valence-corrected chi connectivity index (χ3v) is 4.16. The van der Waals surface area contributed by atoms with E-state index in [-0.39, 0.29) is 0 Å². The van der Waals surface area contributed by atoms with Crippen LogP contribution in [-0.4, -0.2) is 17.2 Å². The summed E-state index contributed by atoms with van der Waals surface area (Å²) in [5, 5.41) is 19.2. The molecule has 72 valence electrons. The summed E-state index contributed by atoms with van der Waals surface area (Å²) in [6.07, 6.45) is 0. The van der Waals surface area contributed by atoms with Crippen molar-refractivity contribution in [2.24, 2.45) is 0 Å². The number of thiophene rings is 1. The van der Waals surface area contributed by atoms with Crippen LogP contribution < -0.4 is 5.46 Å². The van der Waals surface area contributed by atoms with Crippen LogP contribution in [0.4, 0.5) is 0 Å². The number of thiol groups is 1. The molecule has 0 aliphatic carbocycles. The van der Waals surface area contributed by atoms with Gasteiger partial charge in [0.25, 0.3) is 0 Å². The average molecular weight is 336 g/mol. The van der Waals surface area contributed by atoms with Crippen LogP contribution in [0.2, 0.25) is 0 Å². The predicted molar refractivity (Wildman–Crippen MR) is 71.6 cm³/mol. The van der Waals surface area contributed by atoms with Crippen molar-refractivity contribution in [3.8, 4) is 0 Å². The Morgan fingerprint density at radius 3 is 2.64 bits per heavy atom. The predicted octanol–water partition coefficient (Wildman–Crippen LogP) is 1.47. The summed E-state index contributed by atoms with van der Waals surface area (Å²) in [6, 6.07) is 5.64. The van der Waals surface area contributed by atoms with Gasteiger partial charge in [-0.2, -0.15) is 0 Å². The third kappa shape index (κ3) is 1.94. The quantitative estimate of drug-likeness (QED) is 0.419. The van der Waals surface area contributed by atoms with E-state index >= 15 is 0 Å². The number of benzene rings is 1. The van der Waals surface area contributed by atoms with Gasteiger partial charge in [0.2, 0.25) is 0 Å². The molecule has 0 spiro atoms. The molecule has 2 nitrogen and oxygen atoms in total. The van der Waals surface area contributed by atoms with Gasteiger partial charge in [-0.25, -0.2) is 0 Å². The molecule has 0 unspecified atom stereocenters.